The first-order valence-corrected chi connectivity index (χ1v) is 15.2. The summed E-state index contributed by atoms with van der Waals surface area (Å²) < 4.78 is 23.7. The van der Waals surface area contributed by atoms with E-state index in [-0.39, 0.29) is 19.3 Å². The summed E-state index contributed by atoms with van der Waals surface area (Å²) in [4.78, 5) is 0. The average molecular weight is 586 g/mol. The Morgan fingerprint density at radius 3 is 2.28 bits per heavy atom. The normalized spacial score (nSPS) is 17.6. The van der Waals surface area contributed by atoms with Crippen molar-refractivity contribution >= 4 is 10.8 Å². The van der Waals surface area contributed by atoms with Crippen LogP contribution in [0.15, 0.2) is 91.0 Å². The first-order valence-electron chi connectivity index (χ1n) is 15.2. The Hall–Kier alpha value is -3.30. The number of benzene rings is 4. The molecule has 4 aromatic rings. The van der Waals surface area contributed by atoms with Crippen molar-refractivity contribution in [3.8, 4) is 5.75 Å². The van der Waals surface area contributed by atoms with Gasteiger partial charge in [-0.2, -0.15) is 0 Å². The zero-order valence-electron chi connectivity index (χ0n) is 24.7. The van der Waals surface area contributed by atoms with Crippen molar-refractivity contribution in [1.82, 2.24) is 5.32 Å². The maximum atomic E-state index is 9.49. The smallest absolute Gasteiger partial charge is 0.119 e. The molecule has 0 saturated carbocycles. The van der Waals surface area contributed by atoms with Crippen LogP contribution in [-0.4, -0.2) is 61.9 Å². The molecule has 3 atom stereocenters. The monoisotopic (exact) mass is 585 g/mol. The van der Waals surface area contributed by atoms with Gasteiger partial charge in [-0.05, 0) is 70.3 Å². The molecule has 1 aliphatic heterocycles. The Morgan fingerprint density at radius 2 is 1.51 bits per heavy atom. The summed E-state index contributed by atoms with van der Waals surface area (Å²) >= 11 is 0. The summed E-state index contributed by atoms with van der Waals surface area (Å²) in [5.74, 6) is 1.20. The van der Waals surface area contributed by atoms with E-state index < -0.39 is 6.10 Å². The Morgan fingerprint density at radius 1 is 0.767 bits per heavy atom. The third kappa shape index (κ3) is 9.60. The Balaban J connectivity index is 1.09. The second kappa shape index (κ2) is 16.5. The molecule has 1 aliphatic rings. The molecule has 7 heteroatoms. The van der Waals surface area contributed by atoms with E-state index in [4.69, 9.17) is 24.1 Å². The summed E-state index contributed by atoms with van der Waals surface area (Å²) in [6.45, 7) is 4.45. The highest BCUT2D eigenvalue weighted by Gasteiger charge is 2.27. The zero-order valence-corrected chi connectivity index (χ0v) is 24.7. The van der Waals surface area contributed by atoms with Crippen LogP contribution in [0, 0.1) is 0 Å². The predicted octanol–water partition coefficient (Wildman–Crippen LogP) is 5.36. The largest absolute Gasteiger partial charge is 0.494 e. The van der Waals surface area contributed by atoms with Crippen molar-refractivity contribution in [1.29, 1.82) is 0 Å². The quantitative estimate of drug-likeness (QED) is 0.153. The molecule has 4 aromatic carbocycles. The van der Waals surface area contributed by atoms with Gasteiger partial charge in [0.25, 0.3) is 0 Å². The topological polar surface area (TPSA) is 89.4 Å². The molecular formula is C36H43NO6. The summed E-state index contributed by atoms with van der Waals surface area (Å²) in [5, 5.41) is 24.2. The molecule has 5 rings (SSSR count). The van der Waals surface area contributed by atoms with E-state index in [1.54, 1.807) is 0 Å². The van der Waals surface area contributed by atoms with Crippen molar-refractivity contribution < 1.29 is 29.2 Å². The number of nitrogens with one attached hydrogen (secondary N) is 1. The van der Waals surface area contributed by atoms with Crippen LogP contribution in [0.4, 0.5) is 0 Å². The first-order chi connectivity index (χ1) is 21.2. The predicted molar refractivity (Wildman–Crippen MR) is 168 cm³/mol. The molecule has 3 unspecified atom stereocenters. The molecule has 228 valence electrons. The fraction of sp³-hybridized carbons (Fsp3) is 0.389. The van der Waals surface area contributed by atoms with Crippen LogP contribution in [0.3, 0.4) is 0 Å². The molecule has 1 saturated heterocycles. The van der Waals surface area contributed by atoms with Gasteiger partial charge in [0.15, 0.2) is 0 Å². The van der Waals surface area contributed by atoms with Crippen LogP contribution in [0.5, 0.6) is 5.75 Å². The van der Waals surface area contributed by atoms with Gasteiger partial charge in [-0.25, -0.2) is 0 Å². The molecule has 0 radical (unpaired) electrons. The summed E-state index contributed by atoms with van der Waals surface area (Å²) in [5.41, 5.74) is 4.61. The minimum Gasteiger partial charge on any atom is -0.494 e. The van der Waals surface area contributed by atoms with Crippen molar-refractivity contribution in [3.63, 3.8) is 0 Å². The van der Waals surface area contributed by atoms with Crippen LogP contribution in [0.2, 0.25) is 0 Å². The van der Waals surface area contributed by atoms with Crippen molar-refractivity contribution in [3.05, 3.63) is 113 Å². The van der Waals surface area contributed by atoms with Crippen molar-refractivity contribution in [2.24, 2.45) is 0 Å². The van der Waals surface area contributed by atoms with Crippen LogP contribution in [0.25, 0.3) is 10.8 Å². The van der Waals surface area contributed by atoms with E-state index in [9.17, 15) is 5.11 Å². The van der Waals surface area contributed by atoms with Gasteiger partial charge >= 0.3 is 0 Å². The second-order valence-corrected chi connectivity index (χ2v) is 11.1. The number of hydrogen-bond donors (Lipinski definition) is 3. The highest BCUT2D eigenvalue weighted by molar-refractivity contribution is 5.83. The van der Waals surface area contributed by atoms with Gasteiger partial charge in [0.05, 0.1) is 52.4 Å². The third-order valence-electron chi connectivity index (χ3n) is 7.77. The highest BCUT2D eigenvalue weighted by Crippen LogP contribution is 2.30. The Labute approximate surface area is 254 Å². The van der Waals surface area contributed by atoms with Crippen LogP contribution in [0.1, 0.15) is 41.0 Å². The molecule has 0 spiro atoms. The third-order valence-corrected chi connectivity index (χ3v) is 7.77. The van der Waals surface area contributed by atoms with Gasteiger partial charge in [-0.3, -0.25) is 0 Å². The maximum absolute atomic E-state index is 9.49. The van der Waals surface area contributed by atoms with Gasteiger partial charge in [0.2, 0.25) is 0 Å². The fourth-order valence-electron chi connectivity index (χ4n) is 5.41. The van der Waals surface area contributed by atoms with E-state index in [2.05, 4.69) is 72.0 Å². The maximum Gasteiger partial charge on any atom is 0.119 e. The van der Waals surface area contributed by atoms with Gasteiger partial charge in [0, 0.05) is 18.9 Å². The van der Waals surface area contributed by atoms with Crippen molar-refractivity contribution in [2.45, 2.75) is 50.8 Å². The number of hydrogen-bond acceptors (Lipinski definition) is 7. The molecule has 0 aliphatic carbocycles. The van der Waals surface area contributed by atoms with E-state index in [0.29, 0.717) is 39.0 Å². The van der Waals surface area contributed by atoms with Crippen LogP contribution < -0.4 is 10.1 Å². The molecule has 0 amide bonds. The number of rotatable bonds is 16. The summed E-state index contributed by atoms with van der Waals surface area (Å²) in [6.07, 6.45) is 1.10. The average Bonchev–Trinajstić information content (AvgIpc) is 3.06. The van der Waals surface area contributed by atoms with E-state index in [1.165, 1.54) is 11.1 Å². The number of aliphatic hydroxyl groups excluding tert-OH is 2. The molecule has 0 aromatic heterocycles. The van der Waals surface area contributed by atoms with E-state index >= 15 is 0 Å². The number of ether oxygens (including phenoxy) is 4. The number of piperidine rings is 1. The lowest BCUT2D eigenvalue weighted by atomic mass is 9.87. The SMILES string of the molecule is OCC(O)COCc1ccc2ccc(COC3CNCCC3c3ccc(OCCCOCc4ccccc4)cc3)cc2c1. The van der Waals surface area contributed by atoms with Gasteiger partial charge in [0.1, 0.15) is 11.9 Å². The Bertz CT molecular complexity index is 1380. The van der Waals surface area contributed by atoms with Crippen molar-refractivity contribution in [2.75, 3.05) is 39.5 Å². The lowest BCUT2D eigenvalue weighted by Gasteiger charge is -2.32. The molecule has 7 nitrogen and oxygen atoms in total. The van der Waals surface area contributed by atoms with Crippen LogP contribution >= 0.6 is 0 Å². The number of fused-ring (bicyclic) bond motifs is 1. The second-order valence-electron chi connectivity index (χ2n) is 11.1. The lowest BCUT2D eigenvalue weighted by Crippen LogP contribution is -2.40. The highest BCUT2D eigenvalue weighted by atomic mass is 16.5. The van der Waals surface area contributed by atoms with Gasteiger partial charge in [-0.1, -0.05) is 66.7 Å². The summed E-state index contributed by atoms with van der Waals surface area (Å²) in [7, 11) is 0. The fourth-order valence-corrected chi connectivity index (χ4v) is 5.41. The molecule has 43 heavy (non-hydrogen) atoms. The van der Waals surface area contributed by atoms with Crippen LogP contribution in [-0.2, 0) is 34.0 Å². The number of aliphatic hydroxyl groups is 2. The molecular weight excluding hydrogens is 542 g/mol. The standard InChI is InChI=1S/C36H43NO6/c38-22-33(39)26-41-24-28-7-9-30-10-8-29(20-32(30)19-28)25-43-36-21-37-16-15-35(36)31-11-13-34(14-12-31)42-18-4-17-40-23-27-5-2-1-3-6-27/h1-3,5-14,19-20,33,35-39H,4,15-18,21-26H2. The minimum absolute atomic E-state index is 0.0793. The van der Waals surface area contributed by atoms with Gasteiger partial charge < -0.3 is 34.5 Å². The summed E-state index contributed by atoms with van der Waals surface area (Å²) in [6, 6.07) is 31.3. The molecule has 1 fully saturated rings. The molecule has 3 N–H and O–H groups in total. The molecule has 0 bridgehead atoms. The Kier molecular flexibility index (Phi) is 12.0. The van der Waals surface area contributed by atoms with E-state index in [0.717, 1.165) is 53.6 Å². The first kappa shape index (κ1) is 31.1. The minimum atomic E-state index is -0.852. The zero-order chi connectivity index (χ0) is 29.7. The van der Waals surface area contributed by atoms with Gasteiger partial charge in [-0.15, -0.1) is 0 Å². The lowest BCUT2D eigenvalue weighted by molar-refractivity contribution is 0.0000489. The molecule has 1 heterocycles. The van der Waals surface area contributed by atoms with E-state index in [1.807, 2.05) is 24.3 Å².